The number of aromatic nitrogens is 4. The van der Waals surface area contributed by atoms with Crippen LogP contribution < -0.4 is 15.4 Å². The summed E-state index contributed by atoms with van der Waals surface area (Å²) in [4.78, 5) is 28.4. The summed E-state index contributed by atoms with van der Waals surface area (Å²) in [6.45, 7) is 7.05. The minimum Gasteiger partial charge on any atom is -0.495 e. The van der Waals surface area contributed by atoms with Gasteiger partial charge in [-0.3, -0.25) is 14.5 Å². The molecule has 3 rings (SSSR count). The van der Waals surface area contributed by atoms with Gasteiger partial charge in [0.1, 0.15) is 24.1 Å². The zero-order valence-electron chi connectivity index (χ0n) is 18.2. The maximum absolute atomic E-state index is 13.4. The summed E-state index contributed by atoms with van der Waals surface area (Å²) in [6, 6.07) is 9.51. The normalized spacial score (nSPS) is 12.4. The van der Waals surface area contributed by atoms with Crippen molar-refractivity contribution in [1.82, 2.24) is 20.2 Å². The molecule has 2 amide bonds. The number of benzene rings is 1. The smallest absolute Gasteiger partial charge is 0.251 e. The van der Waals surface area contributed by atoms with Gasteiger partial charge in [0.2, 0.25) is 11.7 Å². The number of furan rings is 1. The SMILES string of the molecule is COc1ccccc1N(C(=O)Cn1nnc(-c2ccc(C)o2)n1)C(C(N)=O)C(C)(C)C. The Hall–Kier alpha value is -3.69. The average molecular weight is 426 g/mol. The van der Waals surface area contributed by atoms with E-state index in [-0.39, 0.29) is 12.4 Å². The van der Waals surface area contributed by atoms with Crippen LogP contribution in [0.1, 0.15) is 26.5 Å². The van der Waals surface area contributed by atoms with Crippen molar-refractivity contribution in [2.24, 2.45) is 11.1 Å². The van der Waals surface area contributed by atoms with E-state index in [9.17, 15) is 9.59 Å². The fourth-order valence-electron chi connectivity index (χ4n) is 3.35. The van der Waals surface area contributed by atoms with Gasteiger partial charge in [-0.15, -0.1) is 10.2 Å². The molecule has 0 aliphatic rings. The molecule has 1 unspecified atom stereocenters. The number of amides is 2. The zero-order chi connectivity index (χ0) is 22.8. The number of carbonyl (C=O) groups is 2. The highest BCUT2D eigenvalue weighted by Gasteiger charge is 2.40. The van der Waals surface area contributed by atoms with Crippen molar-refractivity contribution in [3.63, 3.8) is 0 Å². The Balaban J connectivity index is 1.98. The first-order valence-corrected chi connectivity index (χ1v) is 9.71. The Morgan fingerprint density at radius 3 is 2.52 bits per heavy atom. The number of tetrazole rings is 1. The molecule has 31 heavy (non-hydrogen) atoms. The van der Waals surface area contributed by atoms with E-state index in [0.29, 0.717) is 23.0 Å². The van der Waals surface area contributed by atoms with Gasteiger partial charge in [0.25, 0.3) is 5.91 Å². The third kappa shape index (κ3) is 4.73. The molecular formula is C21H26N6O4. The largest absolute Gasteiger partial charge is 0.495 e. The predicted octanol–water partition coefficient (Wildman–Crippen LogP) is 2.18. The molecule has 0 saturated carbocycles. The maximum Gasteiger partial charge on any atom is 0.251 e. The first-order chi connectivity index (χ1) is 14.6. The molecule has 2 N–H and O–H groups in total. The van der Waals surface area contributed by atoms with E-state index in [0.717, 1.165) is 4.80 Å². The highest BCUT2D eigenvalue weighted by Crippen LogP contribution is 2.35. The molecule has 2 aromatic heterocycles. The standard InChI is InChI=1S/C21H26N6O4/c1-13-10-11-16(31-13)20-23-25-26(24-20)12-17(28)27(18(19(22)29)21(2,3)4)14-8-6-7-9-15(14)30-5/h6-11,18H,12H2,1-5H3,(H2,22,29). The highest BCUT2D eigenvalue weighted by atomic mass is 16.5. The van der Waals surface area contributed by atoms with Crippen LogP contribution in [0.15, 0.2) is 40.8 Å². The van der Waals surface area contributed by atoms with E-state index in [1.165, 1.54) is 12.0 Å². The molecule has 10 heteroatoms. The third-order valence-electron chi connectivity index (χ3n) is 4.65. The first-order valence-electron chi connectivity index (χ1n) is 9.71. The molecule has 0 aliphatic carbocycles. The molecule has 10 nitrogen and oxygen atoms in total. The summed E-state index contributed by atoms with van der Waals surface area (Å²) in [5, 5.41) is 12.1. The van der Waals surface area contributed by atoms with Gasteiger partial charge >= 0.3 is 0 Å². The zero-order valence-corrected chi connectivity index (χ0v) is 18.2. The number of primary amides is 1. The number of carbonyl (C=O) groups excluding carboxylic acids is 2. The van der Waals surface area contributed by atoms with Crippen LogP contribution in [0, 0.1) is 12.3 Å². The summed E-state index contributed by atoms with van der Waals surface area (Å²) in [5.74, 6) is 0.770. The summed E-state index contributed by atoms with van der Waals surface area (Å²) >= 11 is 0. The highest BCUT2D eigenvalue weighted by molar-refractivity contribution is 6.01. The van der Waals surface area contributed by atoms with Crippen LogP contribution >= 0.6 is 0 Å². The third-order valence-corrected chi connectivity index (χ3v) is 4.65. The van der Waals surface area contributed by atoms with Crippen LogP contribution in [0.3, 0.4) is 0 Å². The lowest BCUT2D eigenvalue weighted by atomic mass is 9.84. The number of hydrogen-bond donors (Lipinski definition) is 1. The second-order valence-corrected chi connectivity index (χ2v) is 8.16. The van der Waals surface area contributed by atoms with Crippen LogP contribution in [0.5, 0.6) is 5.75 Å². The van der Waals surface area contributed by atoms with Gasteiger partial charge in [-0.2, -0.15) is 4.80 Å². The van der Waals surface area contributed by atoms with E-state index in [4.69, 9.17) is 14.9 Å². The van der Waals surface area contributed by atoms with Crippen LogP contribution in [0.25, 0.3) is 11.6 Å². The van der Waals surface area contributed by atoms with Gasteiger partial charge in [-0.25, -0.2) is 0 Å². The Morgan fingerprint density at radius 2 is 1.94 bits per heavy atom. The van der Waals surface area contributed by atoms with Gasteiger partial charge in [0, 0.05) is 0 Å². The fraction of sp³-hybridized carbons (Fsp3) is 0.381. The van der Waals surface area contributed by atoms with E-state index >= 15 is 0 Å². The van der Waals surface area contributed by atoms with E-state index in [1.54, 1.807) is 43.3 Å². The monoisotopic (exact) mass is 426 g/mol. The van der Waals surface area contributed by atoms with Crippen LogP contribution in [0.2, 0.25) is 0 Å². The second-order valence-electron chi connectivity index (χ2n) is 8.16. The predicted molar refractivity (Wildman–Crippen MR) is 113 cm³/mol. The van der Waals surface area contributed by atoms with E-state index in [1.807, 2.05) is 20.8 Å². The van der Waals surface area contributed by atoms with Gasteiger partial charge in [0.15, 0.2) is 5.76 Å². The first kappa shape index (κ1) is 22.0. The quantitative estimate of drug-likeness (QED) is 0.613. The Morgan fingerprint density at radius 1 is 1.23 bits per heavy atom. The van der Waals surface area contributed by atoms with Crippen molar-refractivity contribution in [2.75, 3.05) is 12.0 Å². The van der Waals surface area contributed by atoms with Crippen LogP contribution in [0.4, 0.5) is 5.69 Å². The molecule has 0 saturated heterocycles. The van der Waals surface area contributed by atoms with E-state index in [2.05, 4.69) is 15.4 Å². The molecule has 3 aromatic rings. The van der Waals surface area contributed by atoms with Gasteiger partial charge in [0.05, 0.1) is 12.8 Å². The van der Waals surface area contributed by atoms with Crippen molar-refractivity contribution in [1.29, 1.82) is 0 Å². The van der Waals surface area contributed by atoms with Crippen molar-refractivity contribution in [3.8, 4) is 17.3 Å². The topological polar surface area (TPSA) is 129 Å². The molecule has 0 spiro atoms. The van der Waals surface area contributed by atoms with Gasteiger partial charge in [-0.05, 0) is 41.8 Å². The van der Waals surface area contributed by atoms with Crippen LogP contribution in [-0.2, 0) is 16.1 Å². The lowest BCUT2D eigenvalue weighted by molar-refractivity contribution is -0.127. The molecular weight excluding hydrogens is 400 g/mol. The maximum atomic E-state index is 13.4. The molecule has 1 atom stereocenters. The molecule has 0 radical (unpaired) electrons. The fourth-order valence-corrected chi connectivity index (χ4v) is 3.35. The van der Waals surface area contributed by atoms with E-state index < -0.39 is 23.3 Å². The minimum absolute atomic E-state index is 0.256. The Kier molecular flexibility index (Phi) is 6.09. The number of anilines is 1. The Labute approximate surface area is 180 Å². The van der Waals surface area contributed by atoms with Gasteiger partial charge in [-0.1, -0.05) is 32.9 Å². The Bertz CT molecular complexity index is 1080. The number of hydrogen-bond acceptors (Lipinski definition) is 7. The number of aryl methyl sites for hydroxylation is 1. The van der Waals surface area contributed by atoms with Crippen LogP contribution in [-0.4, -0.2) is 45.2 Å². The summed E-state index contributed by atoms with van der Waals surface area (Å²) in [7, 11) is 1.49. The van der Waals surface area contributed by atoms with Gasteiger partial charge < -0.3 is 14.9 Å². The number of methoxy groups -OCH3 is 1. The summed E-state index contributed by atoms with van der Waals surface area (Å²) < 4.78 is 10.9. The molecule has 2 heterocycles. The number of ether oxygens (including phenoxy) is 1. The molecule has 0 aliphatic heterocycles. The average Bonchev–Trinajstić information content (AvgIpc) is 3.33. The number of nitrogens with zero attached hydrogens (tertiary/aromatic N) is 5. The number of rotatable bonds is 7. The summed E-state index contributed by atoms with van der Waals surface area (Å²) in [6.07, 6.45) is 0. The molecule has 0 bridgehead atoms. The lowest BCUT2D eigenvalue weighted by Gasteiger charge is -2.38. The molecule has 0 fully saturated rings. The molecule has 1 aromatic carbocycles. The lowest BCUT2D eigenvalue weighted by Crippen LogP contribution is -2.55. The number of nitrogens with two attached hydrogens (primary N) is 1. The van der Waals surface area contributed by atoms with Crippen molar-refractivity contribution < 1.29 is 18.7 Å². The number of para-hydroxylation sites is 2. The summed E-state index contributed by atoms with van der Waals surface area (Å²) in [5.41, 5.74) is 5.51. The van der Waals surface area contributed by atoms with Crippen molar-refractivity contribution in [3.05, 3.63) is 42.2 Å². The van der Waals surface area contributed by atoms with Crippen molar-refractivity contribution >= 4 is 17.5 Å². The second kappa shape index (κ2) is 8.58. The minimum atomic E-state index is -0.938. The molecule has 164 valence electrons. The van der Waals surface area contributed by atoms with Crippen molar-refractivity contribution in [2.45, 2.75) is 40.3 Å².